The Morgan fingerprint density at radius 1 is 0.313 bits per heavy atom. The van der Waals surface area contributed by atoms with Gasteiger partial charge in [-0.2, -0.15) is 0 Å². The first kappa shape index (κ1) is 38.5. The molecule has 0 radical (unpaired) electrons. The van der Waals surface area contributed by atoms with E-state index in [1.165, 1.54) is 49.3 Å². The molecule has 2 heterocycles. The summed E-state index contributed by atoms with van der Waals surface area (Å²) in [5, 5.41) is 7.13. The van der Waals surface area contributed by atoms with Crippen LogP contribution in [0, 0.1) is 0 Å². The number of fused-ring (bicyclic) bond motifs is 7. The highest BCUT2D eigenvalue weighted by Crippen LogP contribution is 2.48. The molecule has 3 nitrogen and oxygen atoms in total. The Kier molecular flexibility index (Phi) is 9.17. The van der Waals surface area contributed by atoms with Gasteiger partial charge in [0, 0.05) is 44.0 Å². The third-order valence-electron chi connectivity index (χ3n) is 13.4. The largest absolute Gasteiger partial charge is 0.456 e. The summed E-state index contributed by atoms with van der Waals surface area (Å²) in [6.07, 6.45) is 0. The Labute approximate surface area is 388 Å². The molecule has 3 heteroatoms. The van der Waals surface area contributed by atoms with Crippen LogP contribution in [-0.2, 0) is 0 Å². The van der Waals surface area contributed by atoms with Crippen LogP contribution in [0.5, 0.6) is 0 Å². The van der Waals surface area contributed by atoms with Gasteiger partial charge >= 0.3 is 0 Å². The summed E-state index contributed by atoms with van der Waals surface area (Å²) in [5.74, 6) is 0. The van der Waals surface area contributed by atoms with Gasteiger partial charge in [0.1, 0.15) is 11.2 Å². The maximum absolute atomic E-state index is 6.41. The number of rotatable bonds is 8. The van der Waals surface area contributed by atoms with Crippen LogP contribution in [0.25, 0.3) is 105 Å². The molecule has 13 rings (SSSR count). The van der Waals surface area contributed by atoms with Crippen molar-refractivity contribution in [3.8, 4) is 50.2 Å². The normalized spacial score (nSPS) is 11.6. The molecule has 13 aromatic rings. The first-order valence-corrected chi connectivity index (χ1v) is 22.9. The number of aromatic nitrogens is 1. The maximum Gasteiger partial charge on any atom is 0.136 e. The zero-order valence-corrected chi connectivity index (χ0v) is 36.6. The molecule has 0 aliphatic heterocycles. The van der Waals surface area contributed by atoms with Crippen LogP contribution in [0.3, 0.4) is 0 Å². The zero-order chi connectivity index (χ0) is 44.3. The van der Waals surface area contributed by atoms with E-state index in [4.69, 9.17) is 4.42 Å². The second-order valence-electron chi connectivity index (χ2n) is 17.2. The Bertz CT molecular complexity index is 3990. The quantitative estimate of drug-likeness (QED) is 0.152. The summed E-state index contributed by atoms with van der Waals surface area (Å²) in [4.78, 5) is 2.47. The molecular weight excluding hydrogens is 813 g/mol. The van der Waals surface area contributed by atoms with E-state index < -0.39 is 0 Å². The van der Waals surface area contributed by atoms with E-state index in [0.717, 1.165) is 72.5 Å². The third-order valence-corrected chi connectivity index (χ3v) is 13.4. The van der Waals surface area contributed by atoms with E-state index >= 15 is 0 Å². The molecule has 0 unspecified atom stereocenters. The van der Waals surface area contributed by atoms with Gasteiger partial charge in [-0.05, 0) is 111 Å². The summed E-state index contributed by atoms with van der Waals surface area (Å²) in [7, 11) is 0. The highest BCUT2D eigenvalue weighted by Gasteiger charge is 2.23. The molecule has 0 atom stereocenters. The van der Waals surface area contributed by atoms with Crippen molar-refractivity contribution >= 4 is 71.6 Å². The zero-order valence-electron chi connectivity index (χ0n) is 36.6. The van der Waals surface area contributed by atoms with Gasteiger partial charge in [-0.25, -0.2) is 0 Å². The maximum atomic E-state index is 6.41. The van der Waals surface area contributed by atoms with Gasteiger partial charge < -0.3 is 13.9 Å². The molecule has 314 valence electrons. The van der Waals surface area contributed by atoms with Gasteiger partial charge in [0.25, 0.3) is 0 Å². The van der Waals surface area contributed by atoms with Crippen molar-refractivity contribution in [3.05, 3.63) is 255 Å². The second-order valence-corrected chi connectivity index (χ2v) is 17.2. The first-order chi connectivity index (χ1) is 33.2. The van der Waals surface area contributed by atoms with Crippen LogP contribution in [0.2, 0.25) is 0 Å². The standard InChI is InChI=1S/C64H42N2O/c1-3-18-43(19-4-1)51-30-16-20-44-21-17-31-57(64(44)51)53-28-9-13-34-60(53)66(49-25-15-22-45(40-49)46-36-39-56-55-29-10-14-35-62(55)67-63(56)42-46)58-32-11-7-26-50(58)47-37-38-54-52-27-8-12-33-59(52)65(61(54)41-47)48-23-5-2-6-24-48/h1-42H. The summed E-state index contributed by atoms with van der Waals surface area (Å²) in [6.45, 7) is 0. The lowest BCUT2D eigenvalue weighted by molar-refractivity contribution is 0.669. The highest BCUT2D eigenvalue weighted by atomic mass is 16.3. The predicted octanol–water partition coefficient (Wildman–Crippen LogP) is 18.0. The van der Waals surface area contributed by atoms with Crippen LogP contribution >= 0.6 is 0 Å². The monoisotopic (exact) mass is 854 g/mol. The lowest BCUT2D eigenvalue weighted by Crippen LogP contribution is -2.12. The summed E-state index contributed by atoms with van der Waals surface area (Å²) < 4.78 is 8.81. The van der Waals surface area contributed by atoms with Crippen LogP contribution in [-0.4, -0.2) is 4.57 Å². The average Bonchev–Trinajstić information content (AvgIpc) is 3.94. The number of anilines is 3. The minimum atomic E-state index is 0.880. The second kappa shape index (κ2) is 16.0. The third kappa shape index (κ3) is 6.51. The van der Waals surface area contributed by atoms with E-state index in [-0.39, 0.29) is 0 Å². The van der Waals surface area contributed by atoms with E-state index in [1.54, 1.807) is 0 Å². The van der Waals surface area contributed by atoms with Crippen LogP contribution in [0.1, 0.15) is 0 Å². The molecule has 0 fully saturated rings. The van der Waals surface area contributed by atoms with Gasteiger partial charge in [-0.3, -0.25) is 0 Å². The predicted molar refractivity (Wildman–Crippen MR) is 282 cm³/mol. The number of para-hydroxylation sites is 5. The lowest BCUT2D eigenvalue weighted by atomic mass is 9.90. The number of hydrogen-bond donors (Lipinski definition) is 0. The molecule has 0 amide bonds. The van der Waals surface area contributed by atoms with Gasteiger partial charge in [0.15, 0.2) is 0 Å². The lowest BCUT2D eigenvalue weighted by Gasteiger charge is -2.30. The molecule has 11 aromatic carbocycles. The van der Waals surface area contributed by atoms with E-state index in [1.807, 2.05) is 12.1 Å². The number of hydrogen-bond acceptors (Lipinski definition) is 2. The van der Waals surface area contributed by atoms with Crippen molar-refractivity contribution in [2.24, 2.45) is 0 Å². The van der Waals surface area contributed by atoms with Gasteiger partial charge in [-0.1, -0.05) is 188 Å². The highest BCUT2D eigenvalue weighted by molar-refractivity contribution is 6.12. The number of nitrogens with zero attached hydrogens (tertiary/aromatic N) is 2. The molecule has 0 bridgehead atoms. The molecule has 0 saturated heterocycles. The fourth-order valence-corrected chi connectivity index (χ4v) is 10.4. The minimum absolute atomic E-state index is 0.880. The van der Waals surface area contributed by atoms with Crippen molar-refractivity contribution in [2.75, 3.05) is 4.90 Å². The Morgan fingerprint density at radius 2 is 0.881 bits per heavy atom. The van der Waals surface area contributed by atoms with Gasteiger partial charge in [0.2, 0.25) is 0 Å². The molecule has 0 aliphatic carbocycles. The van der Waals surface area contributed by atoms with Crippen LogP contribution in [0.4, 0.5) is 17.1 Å². The van der Waals surface area contributed by atoms with Crippen molar-refractivity contribution < 1.29 is 4.42 Å². The van der Waals surface area contributed by atoms with Crippen molar-refractivity contribution in [1.29, 1.82) is 0 Å². The molecule has 0 spiro atoms. The number of furan rings is 1. The summed E-state index contributed by atoms with van der Waals surface area (Å²) >= 11 is 0. The van der Waals surface area contributed by atoms with Gasteiger partial charge in [-0.15, -0.1) is 0 Å². The molecular formula is C64H42N2O. The first-order valence-electron chi connectivity index (χ1n) is 22.9. The van der Waals surface area contributed by atoms with Crippen molar-refractivity contribution in [1.82, 2.24) is 4.57 Å². The topological polar surface area (TPSA) is 21.3 Å². The summed E-state index contributed by atoms with van der Waals surface area (Å²) in [5.41, 5.74) is 17.6. The molecule has 0 aliphatic rings. The molecule has 67 heavy (non-hydrogen) atoms. The van der Waals surface area contributed by atoms with E-state index in [2.05, 4.69) is 252 Å². The molecule has 0 N–H and O–H groups in total. The Hall–Kier alpha value is -8.92. The van der Waals surface area contributed by atoms with Crippen LogP contribution in [0.15, 0.2) is 259 Å². The summed E-state index contributed by atoms with van der Waals surface area (Å²) in [6, 6.07) is 92.1. The smallest absolute Gasteiger partial charge is 0.136 e. The molecule has 2 aromatic heterocycles. The SMILES string of the molecule is c1ccc(-c2cccc3cccc(-c4ccccc4N(c4cccc(-c5ccc6c(c5)oc5ccccc56)c4)c4ccccc4-c4ccc5c6ccccc6n(-c6ccccc6)c5c4)c23)cc1. The fraction of sp³-hybridized carbons (Fsp3) is 0. The van der Waals surface area contributed by atoms with Crippen molar-refractivity contribution in [3.63, 3.8) is 0 Å². The Balaban J connectivity index is 1.05. The van der Waals surface area contributed by atoms with E-state index in [9.17, 15) is 0 Å². The Morgan fingerprint density at radius 3 is 1.72 bits per heavy atom. The van der Waals surface area contributed by atoms with Crippen LogP contribution < -0.4 is 4.90 Å². The number of benzene rings is 11. The fourth-order valence-electron chi connectivity index (χ4n) is 10.4. The van der Waals surface area contributed by atoms with E-state index in [0.29, 0.717) is 0 Å². The average molecular weight is 855 g/mol. The van der Waals surface area contributed by atoms with Gasteiger partial charge in [0.05, 0.1) is 22.4 Å². The molecule has 0 saturated carbocycles. The minimum Gasteiger partial charge on any atom is -0.456 e. The van der Waals surface area contributed by atoms with Crippen molar-refractivity contribution in [2.45, 2.75) is 0 Å².